The van der Waals surface area contributed by atoms with Crippen LogP contribution in [0.1, 0.15) is 40.9 Å². The van der Waals surface area contributed by atoms with Crippen LogP contribution in [0.4, 0.5) is 0 Å². The van der Waals surface area contributed by atoms with Crippen molar-refractivity contribution in [3.63, 3.8) is 0 Å². The highest BCUT2D eigenvalue weighted by Gasteiger charge is 2.27. The zero-order valence-electron chi connectivity index (χ0n) is 16.4. The lowest BCUT2D eigenvalue weighted by atomic mass is 9.93. The lowest BCUT2D eigenvalue weighted by Crippen LogP contribution is -2.36. The number of morpholine rings is 1. The number of nitrogens with one attached hydrogen (secondary N) is 2. The van der Waals surface area contributed by atoms with Crippen molar-refractivity contribution in [3.05, 3.63) is 58.2 Å². The number of aryl methyl sites for hydroxylation is 1. The first-order valence-corrected chi connectivity index (χ1v) is 10.3. The van der Waals surface area contributed by atoms with Crippen molar-refractivity contribution in [2.45, 2.75) is 32.2 Å². The molecule has 0 bridgehead atoms. The lowest BCUT2D eigenvalue weighted by molar-refractivity contribution is -0.116. The Morgan fingerprint density at radius 3 is 2.90 bits per heavy atom. The summed E-state index contributed by atoms with van der Waals surface area (Å²) in [6, 6.07) is 3.78. The number of ether oxygens (including phenoxy) is 1. The molecule has 1 amide bonds. The summed E-state index contributed by atoms with van der Waals surface area (Å²) in [7, 11) is 0. The molecule has 7 nitrogen and oxygen atoms in total. The Kier molecular flexibility index (Phi) is 4.99. The van der Waals surface area contributed by atoms with Crippen LogP contribution in [0.3, 0.4) is 0 Å². The van der Waals surface area contributed by atoms with E-state index in [0.29, 0.717) is 11.3 Å². The molecule has 2 aromatic rings. The number of pyridine rings is 1. The van der Waals surface area contributed by atoms with Crippen molar-refractivity contribution in [3.8, 4) is 0 Å². The number of carbonyl (C=O) groups excluding carboxylic acids is 1. The van der Waals surface area contributed by atoms with Gasteiger partial charge in [-0.1, -0.05) is 0 Å². The van der Waals surface area contributed by atoms with Crippen LogP contribution in [0.5, 0.6) is 0 Å². The number of amides is 1. The normalized spacial score (nSPS) is 21.2. The number of hydrogen-bond acceptors (Lipinski definition) is 5. The van der Waals surface area contributed by atoms with Crippen LogP contribution >= 0.6 is 0 Å². The highest BCUT2D eigenvalue weighted by Crippen LogP contribution is 2.30. The number of carbonyl (C=O) groups is 1. The largest absolute Gasteiger partial charge is 0.379 e. The molecule has 2 aromatic heterocycles. The maximum absolute atomic E-state index is 12.6. The van der Waals surface area contributed by atoms with E-state index in [9.17, 15) is 4.79 Å². The van der Waals surface area contributed by atoms with Gasteiger partial charge in [-0.25, -0.2) is 5.43 Å². The molecule has 3 aliphatic rings. The van der Waals surface area contributed by atoms with E-state index < -0.39 is 0 Å². The third-order valence-electron chi connectivity index (χ3n) is 5.92. The maximum atomic E-state index is 12.6. The van der Waals surface area contributed by atoms with Gasteiger partial charge in [0.2, 0.25) is 0 Å². The van der Waals surface area contributed by atoms with E-state index in [1.807, 2.05) is 18.2 Å². The zero-order valence-corrected chi connectivity index (χ0v) is 16.4. The Balaban J connectivity index is 1.53. The third-order valence-corrected chi connectivity index (χ3v) is 5.92. The minimum absolute atomic E-state index is 0.172. The Morgan fingerprint density at radius 2 is 2.07 bits per heavy atom. The van der Waals surface area contributed by atoms with Crippen molar-refractivity contribution in [2.75, 3.05) is 26.3 Å². The molecule has 2 N–H and O–H groups in total. The van der Waals surface area contributed by atoms with Gasteiger partial charge >= 0.3 is 0 Å². The fourth-order valence-corrected chi connectivity index (χ4v) is 4.40. The number of rotatable bonds is 4. The summed E-state index contributed by atoms with van der Waals surface area (Å²) >= 11 is 0. The van der Waals surface area contributed by atoms with Gasteiger partial charge in [0.1, 0.15) is 5.71 Å². The molecule has 4 heterocycles. The first-order chi connectivity index (χ1) is 14.3. The average molecular weight is 391 g/mol. The van der Waals surface area contributed by atoms with Gasteiger partial charge in [0, 0.05) is 49.0 Å². The number of aromatic nitrogens is 2. The molecule has 0 unspecified atom stereocenters. The van der Waals surface area contributed by atoms with E-state index in [1.54, 1.807) is 12.4 Å². The fourth-order valence-electron chi connectivity index (χ4n) is 4.40. The predicted molar refractivity (Wildman–Crippen MR) is 110 cm³/mol. The van der Waals surface area contributed by atoms with Crippen LogP contribution in [0.25, 0.3) is 6.08 Å². The second-order valence-electron chi connectivity index (χ2n) is 7.77. The van der Waals surface area contributed by atoms with E-state index in [-0.39, 0.29) is 5.91 Å². The molecule has 1 saturated heterocycles. The van der Waals surface area contributed by atoms with Crippen LogP contribution in [-0.4, -0.2) is 52.8 Å². The second-order valence-corrected chi connectivity index (χ2v) is 7.77. The third kappa shape index (κ3) is 3.63. The standard InChI is InChI=1S/C22H25N5O2/c28-22-17(21(25-26-22)15-4-3-7-23-13-15)12-20-18(14-27-8-10-29-11-9-27)16-5-1-2-6-19(16)24-20/h3-4,7,12-13,24H,1-2,5-6,8-11,14H2,(H,26,28)/b17-12+. The van der Waals surface area contributed by atoms with Gasteiger partial charge in [0.25, 0.3) is 5.91 Å². The van der Waals surface area contributed by atoms with E-state index in [4.69, 9.17) is 4.74 Å². The zero-order chi connectivity index (χ0) is 19.6. The summed E-state index contributed by atoms with van der Waals surface area (Å²) in [4.78, 5) is 22.8. The van der Waals surface area contributed by atoms with Crippen molar-refractivity contribution in [1.82, 2.24) is 20.3 Å². The van der Waals surface area contributed by atoms with Crippen molar-refractivity contribution in [1.29, 1.82) is 0 Å². The summed E-state index contributed by atoms with van der Waals surface area (Å²) in [5.41, 5.74) is 9.79. The van der Waals surface area contributed by atoms with Gasteiger partial charge in [-0.15, -0.1) is 0 Å². The number of hydrazone groups is 1. The van der Waals surface area contributed by atoms with E-state index in [2.05, 4.69) is 25.4 Å². The summed E-state index contributed by atoms with van der Waals surface area (Å²) < 4.78 is 5.51. The predicted octanol–water partition coefficient (Wildman–Crippen LogP) is 2.04. The van der Waals surface area contributed by atoms with Crippen molar-refractivity contribution in [2.24, 2.45) is 5.10 Å². The highest BCUT2D eigenvalue weighted by molar-refractivity contribution is 6.33. The minimum atomic E-state index is -0.172. The molecule has 1 fully saturated rings. The smallest absolute Gasteiger partial charge is 0.273 e. The molecule has 0 spiro atoms. The SMILES string of the molecule is O=C1NN=C(c2cccnc2)/C1=C\c1[nH]c2c(c1CN1CCOCC1)CCCC2. The quantitative estimate of drug-likeness (QED) is 0.782. The lowest BCUT2D eigenvalue weighted by Gasteiger charge is -2.27. The van der Waals surface area contributed by atoms with Crippen molar-refractivity contribution < 1.29 is 9.53 Å². The first-order valence-electron chi connectivity index (χ1n) is 10.3. The number of H-pyrrole nitrogens is 1. The Bertz CT molecular complexity index is 971. The first kappa shape index (κ1) is 18.3. The fraction of sp³-hybridized carbons (Fsp3) is 0.409. The molecule has 150 valence electrons. The second kappa shape index (κ2) is 7.93. The Hall–Kier alpha value is -2.77. The monoisotopic (exact) mass is 391 g/mol. The molecule has 2 aliphatic heterocycles. The van der Waals surface area contributed by atoms with Gasteiger partial charge in [-0.05, 0) is 55.0 Å². The number of hydrogen-bond donors (Lipinski definition) is 2. The van der Waals surface area contributed by atoms with Gasteiger partial charge in [-0.2, -0.15) is 5.10 Å². The number of nitrogens with zero attached hydrogens (tertiary/aromatic N) is 3. The van der Waals surface area contributed by atoms with Crippen LogP contribution in [0.15, 0.2) is 35.2 Å². The topological polar surface area (TPSA) is 82.6 Å². The van der Waals surface area contributed by atoms with E-state index in [0.717, 1.165) is 56.9 Å². The molecule has 0 aromatic carbocycles. The van der Waals surface area contributed by atoms with Gasteiger partial charge in [0.05, 0.1) is 18.8 Å². The van der Waals surface area contributed by atoms with Gasteiger partial charge in [0.15, 0.2) is 0 Å². The molecule has 0 saturated carbocycles. The summed E-state index contributed by atoms with van der Waals surface area (Å²) in [6.07, 6.45) is 10.0. The minimum Gasteiger partial charge on any atom is -0.379 e. The summed E-state index contributed by atoms with van der Waals surface area (Å²) in [6.45, 7) is 4.33. The average Bonchev–Trinajstić information content (AvgIpc) is 3.30. The van der Waals surface area contributed by atoms with Crippen LogP contribution in [0, 0.1) is 0 Å². The van der Waals surface area contributed by atoms with Gasteiger partial charge < -0.3 is 9.72 Å². The number of aromatic amines is 1. The summed E-state index contributed by atoms with van der Waals surface area (Å²) in [5, 5.41) is 4.26. The summed E-state index contributed by atoms with van der Waals surface area (Å²) in [5.74, 6) is -0.172. The van der Waals surface area contributed by atoms with E-state index in [1.165, 1.54) is 29.7 Å². The van der Waals surface area contributed by atoms with Crippen LogP contribution in [-0.2, 0) is 28.9 Å². The molecular formula is C22H25N5O2. The van der Waals surface area contributed by atoms with Crippen molar-refractivity contribution >= 4 is 17.7 Å². The molecule has 5 rings (SSSR count). The molecule has 29 heavy (non-hydrogen) atoms. The molecule has 0 atom stereocenters. The number of fused-ring (bicyclic) bond motifs is 1. The highest BCUT2D eigenvalue weighted by atomic mass is 16.5. The van der Waals surface area contributed by atoms with E-state index >= 15 is 0 Å². The molecule has 1 aliphatic carbocycles. The molecular weight excluding hydrogens is 366 g/mol. The Labute approximate surface area is 169 Å². The van der Waals surface area contributed by atoms with Crippen LogP contribution in [0.2, 0.25) is 0 Å². The maximum Gasteiger partial charge on any atom is 0.273 e. The molecule has 0 radical (unpaired) electrons. The Morgan fingerprint density at radius 1 is 1.21 bits per heavy atom. The van der Waals surface area contributed by atoms with Gasteiger partial charge in [-0.3, -0.25) is 14.7 Å². The molecule has 7 heteroatoms. The van der Waals surface area contributed by atoms with Crippen LogP contribution < -0.4 is 5.43 Å².